The summed E-state index contributed by atoms with van der Waals surface area (Å²) in [5.74, 6) is 0. The van der Waals surface area contributed by atoms with Crippen LogP contribution in [0.3, 0.4) is 0 Å². The Morgan fingerprint density at radius 2 is 2.00 bits per heavy atom. The Bertz CT molecular complexity index is 172. The van der Waals surface area contributed by atoms with Gasteiger partial charge in [0, 0.05) is 6.61 Å². The van der Waals surface area contributed by atoms with E-state index in [1.165, 1.54) is 0 Å². The van der Waals surface area contributed by atoms with E-state index in [9.17, 15) is 4.79 Å². The lowest BCUT2D eigenvalue weighted by Crippen LogP contribution is -2.16. The van der Waals surface area contributed by atoms with Crippen LogP contribution in [0.25, 0.3) is 0 Å². The van der Waals surface area contributed by atoms with Crippen molar-refractivity contribution in [3.63, 3.8) is 0 Å². The summed E-state index contributed by atoms with van der Waals surface area (Å²) < 4.78 is 15.1. The van der Waals surface area contributed by atoms with Gasteiger partial charge in [0.1, 0.15) is 0 Å². The minimum absolute atomic E-state index is 0.165. The number of ether oxygens (including phenoxy) is 3. The third-order valence-electron chi connectivity index (χ3n) is 2.14. The van der Waals surface area contributed by atoms with Crippen LogP contribution < -0.4 is 0 Å². The fourth-order valence-electron chi connectivity index (χ4n) is 1.29. The molecule has 5 heteroatoms. The third kappa shape index (κ3) is 9.73. The molecular weight excluding hydrogens is 212 g/mol. The number of carbonyl (C=O) groups is 1. The van der Waals surface area contributed by atoms with Crippen LogP contribution in [0.15, 0.2) is 0 Å². The van der Waals surface area contributed by atoms with Crippen molar-refractivity contribution in [3.05, 3.63) is 0 Å². The van der Waals surface area contributed by atoms with Crippen molar-refractivity contribution in [1.82, 2.24) is 0 Å². The van der Waals surface area contributed by atoms with Crippen LogP contribution in [0.4, 0.5) is 4.79 Å². The van der Waals surface area contributed by atoms with Crippen LogP contribution in [0.5, 0.6) is 0 Å². The summed E-state index contributed by atoms with van der Waals surface area (Å²) in [4.78, 5) is 10.1. The summed E-state index contributed by atoms with van der Waals surface area (Å²) in [7, 11) is 0. The highest BCUT2D eigenvalue weighted by molar-refractivity contribution is 5.56. The summed E-state index contributed by atoms with van der Waals surface area (Å²) in [6.45, 7) is 6.13. The van der Waals surface area contributed by atoms with Crippen LogP contribution in [0, 0.1) is 0 Å². The van der Waals surface area contributed by atoms with Gasteiger partial charge >= 0.3 is 6.16 Å². The highest BCUT2D eigenvalue weighted by Crippen LogP contribution is 2.06. The largest absolute Gasteiger partial charge is 0.505 e. The van der Waals surface area contributed by atoms with Gasteiger partial charge in [-0.3, -0.25) is 0 Å². The van der Waals surface area contributed by atoms with Crippen molar-refractivity contribution < 1.29 is 24.1 Å². The van der Waals surface area contributed by atoms with Crippen molar-refractivity contribution in [3.8, 4) is 0 Å². The van der Waals surface area contributed by atoms with Gasteiger partial charge in [0.15, 0.2) is 0 Å². The molecule has 0 saturated carbocycles. The second-order valence-electron chi connectivity index (χ2n) is 3.35. The first-order chi connectivity index (χ1) is 7.70. The van der Waals surface area contributed by atoms with Gasteiger partial charge in [-0.1, -0.05) is 6.92 Å². The Morgan fingerprint density at radius 3 is 2.56 bits per heavy atom. The molecule has 0 aromatic rings. The standard InChI is InChI=1S/C11H22O5/c1-3-10(15-9-8-14-4-2)6-5-7-16-11(12)13/h10H,3-9H2,1-2H3,(H,12,13). The van der Waals surface area contributed by atoms with E-state index in [0.717, 1.165) is 12.8 Å². The lowest BCUT2D eigenvalue weighted by molar-refractivity contribution is -0.00121. The Hall–Kier alpha value is -0.810. The lowest BCUT2D eigenvalue weighted by Gasteiger charge is -2.15. The van der Waals surface area contributed by atoms with Crippen molar-refractivity contribution in [2.45, 2.75) is 39.2 Å². The Balaban J connectivity index is 3.40. The summed E-state index contributed by atoms with van der Waals surface area (Å²) >= 11 is 0. The van der Waals surface area contributed by atoms with Gasteiger partial charge < -0.3 is 19.3 Å². The van der Waals surface area contributed by atoms with Crippen LogP contribution in [-0.4, -0.2) is 43.8 Å². The molecule has 0 aliphatic rings. The second kappa shape index (κ2) is 10.7. The maximum absolute atomic E-state index is 10.1. The molecule has 5 nitrogen and oxygen atoms in total. The van der Waals surface area contributed by atoms with E-state index in [0.29, 0.717) is 26.2 Å². The predicted molar refractivity (Wildman–Crippen MR) is 59.7 cm³/mol. The zero-order chi connectivity index (χ0) is 12.2. The minimum atomic E-state index is -1.22. The Kier molecular flexibility index (Phi) is 10.2. The fourth-order valence-corrected chi connectivity index (χ4v) is 1.29. The van der Waals surface area contributed by atoms with E-state index in [1.54, 1.807) is 0 Å². The van der Waals surface area contributed by atoms with Crippen LogP contribution in [0.1, 0.15) is 33.1 Å². The summed E-state index contributed by atoms with van der Waals surface area (Å²) in [5, 5.41) is 8.27. The number of hydrogen-bond donors (Lipinski definition) is 1. The molecule has 0 aromatic heterocycles. The van der Waals surface area contributed by atoms with E-state index in [2.05, 4.69) is 4.74 Å². The van der Waals surface area contributed by atoms with E-state index in [4.69, 9.17) is 14.6 Å². The smallest absolute Gasteiger partial charge is 0.450 e. The normalized spacial score (nSPS) is 12.4. The number of rotatable bonds is 10. The summed E-state index contributed by atoms with van der Waals surface area (Å²) in [6, 6.07) is 0. The van der Waals surface area contributed by atoms with Crippen molar-refractivity contribution in [2.75, 3.05) is 26.4 Å². The van der Waals surface area contributed by atoms with Crippen molar-refractivity contribution >= 4 is 6.16 Å². The van der Waals surface area contributed by atoms with Gasteiger partial charge in [0.25, 0.3) is 0 Å². The Morgan fingerprint density at radius 1 is 1.25 bits per heavy atom. The molecule has 0 fully saturated rings. The molecule has 0 radical (unpaired) electrons. The van der Waals surface area contributed by atoms with E-state index < -0.39 is 6.16 Å². The van der Waals surface area contributed by atoms with Gasteiger partial charge in [-0.2, -0.15) is 0 Å². The number of hydrogen-bond acceptors (Lipinski definition) is 4. The third-order valence-corrected chi connectivity index (χ3v) is 2.14. The topological polar surface area (TPSA) is 65.0 Å². The quantitative estimate of drug-likeness (QED) is 0.464. The van der Waals surface area contributed by atoms with Crippen LogP contribution >= 0.6 is 0 Å². The molecule has 16 heavy (non-hydrogen) atoms. The van der Waals surface area contributed by atoms with Gasteiger partial charge in [-0.25, -0.2) is 4.79 Å². The molecule has 0 amide bonds. The maximum atomic E-state index is 10.1. The van der Waals surface area contributed by atoms with Gasteiger partial charge in [-0.05, 0) is 26.2 Å². The first-order valence-electron chi connectivity index (χ1n) is 5.75. The van der Waals surface area contributed by atoms with Gasteiger partial charge in [-0.15, -0.1) is 0 Å². The molecule has 1 unspecified atom stereocenters. The van der Waals surface area contributed by atoms with Crippen LogP contribution in [-0.2, 0) is 14.2 Å². The molecular formula is C11H22O5. The molecule has 0 aromatic carbocycles. The number of carboxylic acid groups (broad SMARTS) is 1. The average molecular weight is 234 g/mol. The van der Waals surface area contributed by atoms with Crippen molar-refractivity contribution in [1.29, 1.82) is 0 Å². The molecule has 0 bridgehead atoms. The maximum Gasteiger partial charge on any atom is 0.505 e. The highest BCUT2D eigenvalue weighted by atomic mass is 16.7. The van der Waals surface area contributed by atoms with E-state index >= 15 is 0 Å². The SMILES string of the molecule is CCOCCOC(CC)CCCOC(=O)O. The van der Waals surface area contributed by atoms with Crippen LogP contribution in [0.2, 0.25) is 0 Å². The molecule has 0 aliphatic heterocycles. The average Bonchev–Trinajstić information content (AvgIpc) is 2.26. The van der Waals surface area contributed by atoms with Gasteiger partial charge in [0.2, 0.25) is 0 Å². The summed E-state index contributed by atoms with van der Waals surface area (Å²) in [5.41, 5.74) is 0. The van der Waals surface area contributed by atoms with Crippen molar-refractivity contribution in [2.24, 2.45) is 0 Å². The van der Waals surface area contributed by atoms with E-state index in [-0.39, 0.29) is 12.7 Å². The molecule has 96 valence electrons. The first-order valence-corrected chi connectivity index (χ1v) is 5.75. The molecule has 0 spiro atoms. The predicted octanol–water partition coefficient (Wildman–Crippen LogP) is 2.29. The molecule has 1 N–H and O–H groups in total. The fraction of sp³-hybridized carbons (Fsp3) is 0.909. The Labute approximate surface area is 96.7 Å². The van der Waals surface area contributed by atoms with E-state index in [1.807, 2.05) is 13.8 Å². The molecule has 0 heterocycles. The highest BCUT2D eigenvalue weighted by Gasteiger charge is 2.06. The molecule has 0 aliphatic carbocycles. The monoisotopic (exact) mass is 234 g/mol. The minimum Gasteiger partial charge on any atom is -0.450 e. The summed E-state index contributed by atoms with van der Waals surface area (Å²) in [6.07, 6.45) is 1.37. The molecule has 0 rings (SSSR count). The zero-order valence-electron chi connectivity index (χ0n) is 10.1. The zero-order valence-corrected chi connectivity index (χ0v) is 10.1. The second-order valence-corrected chi connectivity index (χ2v) is 3.35. The van der Waals surface area contributed by atoms with Gasteiger partial charge in [0.05, 0.1) is 25.9 Å². The first kappa shape index (κ1) is 15.2. The molecule has 0 saturated heterocycles. The lowest BCUT2D eigenvalue weighted by atomic mass is 10.1. The molecule has 1 atom stereocenters.